The van der Waals surface area contributed by atoms with Crippen LogP contribution in [0.15, 0.2) is 66.8 Å². The summed E-state index contributed by atoms with van der Waals surface area (Å²) < 4.78 is 41.1. The van der Waals surface area contributed by atoms with Crippen LogP contribution in [-0.4, -0.2) is 59.0 Å². The summed E-state index contributed by atoms with van der Waals surface area (Å²) in [6, 6.07) is 11.5. The highest BCUT2D eigenvalue weighted by molar-refractivity contribution is 7.18. The number of aryl methyl sites for hydroxylation is 1. The van der Waals surface area contributed by atoms with Crippen LogP contribution in [0.2, 0.25) is 0 Å². The third-order valence-electron chi connectivity index (χ3n) is 8.33. The first-order valence-electron chi connectivity index (χ1n) is 14.8. The topological polar surface area (TPSA) is 98.3 Å². The second-order valence-electron chi connectivity index (χ2n) is 11.5. The van der Waals surface area contributed by atoms with Gasteiger partial charge in [-0.3, -0.25) is 9.48 Å². The third-order valence-corrected chi connectivity index (χ3v) is 9.26. The monoisotopic (exact) mass is 640 g/mol. The number of carbonyl (C=O) groups excluding carboxylic acids is 1. The van der Waals surface area contributed by atoms with Crippen LogP contribution in [0.25, 0.3) is 54.9 Å². The molecule has 0 aliphatic carbocycles. The lowest BCUT2D eigenvalue weighted by atomic mass is 9.96. The van der Waals surface area contributed by atoms with Crippen LogP contribution in [0.4, 0.5) is 8.78 Å². The molecule has 2 aromatic carbocycles. The SMILES string of the molecule is C=CC(=O)N1Cc2cc(-c3nc(-c4ccc5ncn(C)c5c4)c4ccsc4c3-c3c(F)cc(F)cc3O[C@@H](C)CO)nn2C[C@H]1C. The Morgan fingerprint density at radius 2 is 2.02 bits per heavy atom. The number of nitrogens with zero attached hydrogens (tertiary/aromatic N) is 6. The minimum atomic E-state index is -0.831. The van der Waals surface area contributed by atoms with Crippen LogP contribution in [0, 0.1) is 11.6 Å². The predicted molar refractivity (Wildman–Crippen MR) is 173 cm³/mol. The minimum absolute atomic E-state index is 0.0214. The highest BCUT2D eigenvalue weighted by Gasteiger charge is 2.31. The lowest BCUT2D eigenvalue weighted by Gasteiger charge is -2.33. The highest BCUT2D eigenvalue weighted by atomic mass is 32.1. The number of thiophene rings is 1. The Kier molecular flexibility index (Phi) is 7.41. The number of pyridine rings is 1. The highest BCUT2D eigenvalue weighted by Crippen LogP contribution is 2.47. The molecular formula is C34H30F2N6O3S. The van der Waals surface area contributed by atoms with E-state index in [1.807, 2.05) is 58.9 Å². The van der Waals surface area contributed by atoms with Crippen LogP contribution in [0.1, 0.15) is 19.5 Å². The van der Waals surface area contributed by atoms with Crippen molar-refractivity contribution < 1.29 is 23.4 Å². The molecule has 0 fully saturated rings. The number of rotatable bonds is 7. The lowest BCUT2D eigenvalue weighted by Crippen LogP contribution is -2.44. The zero-order valence-corrected chi connectivity index (χ0v) is 26.2. The van der Waals surface area contributed by atoms with Crippen molar-refractivity contribution in [3.8, 4) is 39.5 Å². The quantitative estimate of drug-likeness (QED) is 0.205. The van der Waals surface area contributed by atoms with Crippen molar-refractivity contribution in [2.75, 3.05) is 6.61 Å². The van der Waals surface area contributed by atoms with Crippen molar-refractivity contribution in [2.45, 2.75) is 39.1 Å². The number of aromatic nitrogens is 5. The zero-order valence-electron chi connectivity index (χ0n) is 25.4. The molecule has 0 saturated carbocycles. The van der Waals surface area contributed by atoms with Gasteiger partial charge in [-0.1, -0.05) is 12.6 Å². The van der Waals surface area contributed by atoms with Crippen LogP contribution < -0.4 is 4.74 Å². The van der Waals surface area contributed by atoms with Crippen LogP contribution in [0.3, 0.4) is 0 Å². The van der Waals surface area contributed by atoms with Gasteiger partial charge in [-0.05, 0) is 49.6 Å². The van der Waals surface area contributed by atoms with E-state index in [0.29, 0.717) is 40.4 Å². The Balaban J connectivity index is 1.52. The molecule has 234 valence electrons. The van der Waals surface area contributed by atoms with Crippen LogP contribution >= 0.6 is 11.3 Å². The van der Waals surface area contributed by atoms with Gasteiger partial charge in [0, 0.05) is 46.4 Å². The fourth-order valence-corrected chi connectivity index (χ4v) is 6.97. The molecular weight excluding hydrogens is 610 g/mol. The molecule has 9 nitrogen and oxygen atoms in total. The molecule has 12 heteroatoms. The molecule has 46 heavy (non-hydrogen) atoms. The molecule has 0 radical (unpaired) electrons. The molecule has 1 N–H and O–H groups in total. The minimum Gasteiger partial charge on any atom is -0.487 e. The summed E-state index contributed by atoms with van der Waals surface area (Å²) in [4.78, 5) is 23.9. The van der Waals surface area contributed by atoms with E-state index in [1.165, 1.54) is 17.4 Å². The number of aliphatic hydroxyl groups excluding tert-OH is 1. The molecule has 6 aromatic rings. The van der Waals surface area contributed by atoms with E-state index in [0.717, 1.165) is 39.8 Å². The molecule has 4 aromatic heterocycles. The Hall–Kier alpha value is -4.94. The molecule has 7 rings (SSSR count). The Bertz CT molecular complexity index is 2170. The Morgan fingerprint density at radius 1 is 1.20 bits per heavy atom. The standard InChI is InChI=1S/C34H30F2N6O3S/c1-5-29(44)41-15-22-13-26(39-42(22)14-18(41)2)33-31(30-24(36)11-21(35)12-28(30)45-19(3)16-43)34-23(8-9-46-34)32(38-33)20-6-7-25-27(10-20)40(4)17-37-25/h5-13,17-19,43H,1,14-16H2,2-4H3/t18-,19+/m1/s1. The Morgan fingerprint density at radius 3 is 2.80 bits per heavy atom. The van der Waals surface area contributed by atoms with Gasteiger partial charge in [0.2, 0.25) is 5.91 Å². The van der Waals surface area contributed by atoms with E-state index in [9.17, 15) is 14.3 Å². The maximum absolute atomic E-state index is 16.1. The van der Waals surface area contributed by atoms with Gasteiger partial charge in [0.25, 0.3) is 0 Å². The van der Waals surface area contributed by atoms with Crippen molar-refractivity contribution in [1.29, 1.82) is 0 Å². The summed E-state index contributed by atoms with van der Waals surface area (Å²) in [6.07, 6.45) is 2.32. The van der Waals surface area contributed by atoms with Gasteiger partial charge in [0.15, 0.2) is 0 Å². The number of halogens is 2. The van der Waals surface area contributed by atoms with Crippen molar-refractivity contribution in [3.63, 3.8) is 0 Å². The van der Waals surface area contributed by atoms with Crippen molar-refractivity contribution >= 4 is 38.4 Å². The largest absolute Gasteiger partial charge is 0.487 e. The molecule has 1 aliphatic heterocycles. The number of hydrogen-bond donors (Lipinski definition) is 1. The van der Waals surface area contributed by atoms with Gasteiger partial charge >= 0.3 is 0 Å². The molecule has 0 unspecified atom stereocenters. The van der Waals surface area contributed by atoms with Gasteiger partial charge in [0.1, 0.15) is 34.9 Å². The summed E-state index contributed by atoms with van der Waals surface area (Å²) in [7, 11) is 1.92. The first-order chi connectivity index (χ1) is 22.2. The molecule has 0 saturated heterocycles. The number of amides is 1. The average molecular weight is 641 g/mol. The maximum Gasteiger partial charge on any atom is 0.246 e. The summed E-state index contributed by atoms with van der Waals surface area (Å²) in [5.74, 6) is -1.87. The van der Waals surface area contributed by atoms with Crippen LogP contribution in [-0.2, 0) is 24.9 Å². The number of carbonyl (C=O) groups is 1. The first kappa shape index (κ1) is 29.8. The molecule has 1 aliphatic rings. The summed E-state index contributed by atoms with van der Waals surface area (Å²) in [6.45, 7) is 7.61. The molecule has 0 spiro atoms. The third kappa shape index (κ3) is 4.94. The second kappa shape index (κ2) is 11.5. The van der Waals surface area contributed by atoms with Gasteiger partial charge in [-0.25, -0.2) is 18.7 Å². The average Bonchev–Trinajstić information content (AvgIpc) is 3.78. The predicted octanol–water partition coefficient (Wildman–Crippen LogP) is 6.34. The molecule has 5 heterocycles. The fraction of sp³-hybridized carbons (Fsp3) is 0.235. The first-order valence-corrected chi connectivity index (χ1v) is 15.6. The van der Waals surface area contributed by atoms with E-state index >= 15 is 4.39 Å². The van der Waals surface area contributed by atoms with Gasteiger partial charge in [-0.15, -0.1) is 11.3 Å². The van der Waals surface area contributed by atoms with E-state index < -0.39 is 17.7 Å². The van der Waals surface area contributed by atoms with Crippen molar-refractivity contribution in [1.82, 2.24) is 29.2 Å². The van der Waals surface area contributed by atoms with Crippen LogP contribution in [0.5, 0.6) is 5.75 Å². The zero-order chi connectivity index (χ0) is 32.3. The smallest absolute Gasteiger partial charge is 0.246 e. The van der Waals surface area contributed by atoms with Gasteiger partial charge in [-0.2, -0.15) is 5.10 Å². The van der Waals surface area contributed by atoms with E-state index in [4.69, 9.17) is 14.8 Å². The van der Waals surface area contributed by atoms with E-state index in [-0.39, 0.29) is 29.9 Å². The van der Waals surface area contributed by atoms with Crippen molar-refractivity contribution in [3.05, 3.63) is 84.2 Å². The van der Waals surface area contributed by atoms with Crippen molar-refractivity contribution in [2.24, 2.45) is 7.05 Å². The van der Waals surface area contributed by atoms with Gasteiger partial charge < -0.3 is 19.3 Å². The normalized spacial score (nSPS) is 15.3. The second-order valence-corrected chi connectivity index (χ2v) is 12.4. The molecule has 1 amide bonds. The number of aliphatic hydroxyl groups is 1. The number of hydrogen-bond acceptors (Lipinski definition) is 7. The number of fused-ring (bicyclic) bond motifs is 3. The lowest BCUT2D eigenvalue weighted by molar-refractivity contribution is -0.129. The Labute approximate surface area is 267 Å². The summed E-state index contributed by atoms with van der Waals surface area (Å²) in [5, 5.41) is 17.3. The summed E-state index contributed by atoms with van der Waals surface area (Å²) in [5.41, 5.74) is 5.30. The molecule has 0 bridgehead atoms. The van der Waals surface area contributed by atoms with Gasteiger partial charge in [0.05, 0.1) is 54.0 Å². The summed E-state index contributed by atoms with van der Waals surface area (Å²) >= 11 is 1.40. The van der Waals surface area contributed by atoms with E-state index in [2.05, 4.69) is 11.6 Å². The molecule has 2 atom stereocenters. The number of ether oxygens (including phenoxy) is 1. The maximum atomic E-state index is 16.1. The number of benzene rings is 2. The number of imidazole rings is 1. The fourth-order valence-electron chi connectivity index (χ4n) is 6.02. The van der Waals surface area contributed by atoms with E-state index in [1.54, 1.807) is 18.2 Å².